The van der Waals surface area contributed by atoms with Crippen molar-refractivity contribution in [3.05, 3.63) is 45.8 Å². The number of anilines is 1. The molecule has 0 saturated carbocycles. The summed E-state index contributed by atoms with van der Waals surface area (Å²) < 4.78 is 44.0. The van der Waals surface area contributed by atoms with Gasteiger partial charge in [0.1, 0.15) is 17.5 Å². The number of ether oxygens (including phenoxy) is 1. The summed E-state index contributed by atoms with van der Waals surface area (Å²) in [4.78, 5) is 22.8. The maximum Gasteiger partial charge on any atom is 0.435 e. The van der Waals surface area contributed by atoms with Crippen LogP contribution in [0.5, 0.6) is 5.75 Å². The first-order valence-electron chi connectivity index (χ1n) is 7.31. The number of halogens is 3. The molecule has 1 heterocycles. The highest BCUT2D eigenvalue weighted by atomic mass is 19.4. The normalized spacial score (nSPS) is 12.5. The van der Waals surface area contributed by atoms with Crippen molar-refractivity contribution in [1.82, 2.24) is 9.78 Å². The Morgan fingerprint density at radius 3 is 2.54 bits per heavy atom. The van der Waals surface area contributed by atoms with Gasteiger partial charge in [-0.2, -0.15) is 18.3 Å². The molecular formula is C15H15F3N4O4. The van der Waals surface area contributed by atoms with Crippen LogP contribution in [0, 0.1) is 17.0 Å². The monoisotopic (exact) mass is 372 g/mol. The minimum atomic E-state index is -4.64. The average Bonchev–Trinajstić information content (AvgIpc) is 2.96. The number of carbonyl (C=O) groups excluding carboxylic acids is 1. The number of hydrogen-bond donors (Lipinski definition) is 1. The summed E-state index contributed by atoms with van der Waals surface area (Å²) in [5.41, 5.74) is -1.50. The number of alkyl halides is 3. The van der Waals surface area contributed by atoms with Gasteiger partial charge in [-0.15, -0.1) is 0 Å². The molecular weight excluding hydrogens is 357 g/mol. The van der Waals surface area contributed by atoms with Crippen LogP contribution >= 0.6 is 0 Å². The molecule has 11 heteroatoms. The Morgan fingerprint density at radius 2 is 2.04 bits per heavy atom. The Bertz CT molecular complexity index is 848. The number of nitro groups is 1. The number of rotatable bonds is 5. The number of aromatic nitrogens is 2. The van der Waals surface area contributed by atoms with E-state index in [1.807, 2.05) is 0 Å². The molecule has 1 atom stereocenters. The van der Waals surface area contributed by atoms with Gasteiger partial charge < -0.3 is 10.1 Å². The van der Waals surface area contributed by atoms with Gasteiger partial charge >= 0.3 is 6.18 Å². The maximum atomic E-state index is 12.7. The van der Waals surface area contributed by atoms with Crippen molar-refractivity contribution in [2.75, 3.05) is 12.4 Å². The second-order valence-corrected chi connectivity index (χ2v) is 5.42. The van der Waals surface area contributed by atoms with Crippen LogP contribution in [0.4, 0.5) is 24.5 Å². The summed E-state index contributed by atoms with van der Waals surface area (Å²) in [5.74, 6) is -0.529. The number of benzene rings is 1. The first kappa shape index (κ1) is 19.2. The lowest BCUT2D eigenvalue weighted by Crippen LogP contribution is -2.26. The Labute approximate surface area is 145 Å². The van der Waals surface area contributed by atoms with Crippen molar-refractivity contribution < 1.29 is 27.6 Å². The van der Waals surface area contributed by atoms with Crippen LogP contribution in [-0.2, 0) is 11.0 Å². The van der Waals surface area contributed by atoms with Crippen LogP contribution in [0.1, 0.15) is 24.4 Å². The summed E-state index contributed by atoms with van der Waals surface area (Å²) >= 11 is 0. The lowest BCUT2D eigenvalue weighted by Gasteiger charge is -2.15. The van der Waals surface area contributed by atoms with E-state index in [1.54, 1.807) is 0 Å². The van der Waals surface area contributed by atoms with E-state index in [0.717, 1.165) is 16.8 Å². The van der Waals surface area contributed by atoms with Gasteiger partial charge in [-0.05, 0) is 32.0 Å². The molecule has 0 radical (unpaired) electrons. The molecule has 140 valence electrons. The molecule has 26 heavy (non-hydrogen) atoms. The molecule has 0 spiro atoms. The summed E-state index contributed by atoms with van der Waals surface area (Å²) in [7, 11) is 1.33. The second kappa shape index (κ2) is 7.02. The largest absolute Gasteiger partial charge is 0.496 e. The molecule has 1 amide bonds. The van der Waals surface area contributed by atoms with Crippen LogP contribution in [0.3, 0.4) is 0 Å². The molecule has 1 aromatic carbocycles. The predicted molar refractivity (Wildman–Crippen MR) is 85.0 cm³/mol. The van der Waals surface area contributed by atoms with Gasteiger partial charge in [0.05, 0.1) is 18.1 Å². The van der Waals surface area contributed by atoms with E-state index in [9.17, 15) is 28.1 Å². The topological polar surface area (TPSA) is 99.3 Å². The third kappa shape index (κ3) is 3.92. The van der Waals surface area contributed by atoms with Crippen LogP contribution < -0.4 is 10.1 Å². The van der Waals surface area contributed by atoms with Crippen molar-refractivity contribution in [2.45, 2.75) is 26.1 Å². The van der Waals surface area contributed by atoms with E-state index >= 15 is 0 Å². The van der Waals surface area contributed by atoms with Crippen molar-refractivity contribution >= 4 is 17.3 Å². The number of methoxy groups -OCH3 is 1. The molecule has 2 rings (SSSR count). The van der Waals surface area contributed by atoms with Crippen molar-refractivity contribution in [2.24, 2.45) is 0 Å². The van der Waals surface area contributed by atoms with Gasteiger partial charge in [0.25, 0.3) is 5.69 Å². The lowest BCUT2D eigenvalue weighted by molar-refractivity contribution is -0.384. The zero-order valence-corrected chi connectivity index (χ0v) is 14.0. The van der Waals surface area contributed by atoms with Gasteiger partial charge in [-0.3, -0.25) is 19.6 Å². The van der Waals surface area contributed by atoms with Gasteiger partial charge in [-0.25, -0.2) is 0 Å². The zero-order chi connectivity index (χ0) is 19.6. The number of nitro benzene ring substituents is 1. The zero-order valence-electron chi connectivity index (χ0n) is 14.0. The fourth-order valence-corrected chi connectivity index (χ4v) is 2.26. The molecule has 1 unspecified atom stereocenters. The fourth-order valence-electron chi connectivity index (χ4n) is 2.26. The number of nitrogens with one attached hydrogen (secondary N) is 1. The summed E-state index contributed by atoms with van der Waals surface area (Å²) in [6.45, 7) is 2.71. The van der Waals surface area contributed by atoms with Crippen LogP contribution in [0.15, 0.2) is 24.3 Å². The van der Waals surface area contributed by atoms with Crippen molar-refractivity contribution in [3.8, 4) is 5.75 Å². The van der Waals surface area contributed by atoms with Gasteiger partial charge in [0, 0.05) is 5.69 Å². The highest BCUT2D eigenvalue weighted by Crippen LogP contribution is 2.31. The standard InChI is InChI=1S/C15H15F3N4O4/c1-8-6-13(15(16,17)18)20-21(8)9(2)14(23)19-11-5-4-10(26-3)7-12(11)22(24)25/h4-7,9H,1-3H3,(H,19,23). The molecule has 0 fully saturated rings. The summed E-state index contributed by atoms with van der Waals surface area (Å²) in [5, 5.41) is 16.9. The van der Waals surface area contributed by atoms with Gasteiger partial charge in [-0.1, -0.05) is 0 Å². The summed E-state index contributed by atoms with van der Waals surface area (Å²) in [6.07, 6.45) is -4.64. The van der Waals surface area contributed by atoms with Crippen LogP contribution in [0.2, 0.25) is 0 Å². The molecule has 0 saturated heterocycles. The maximum absolute atomic E-state index is 12.7. The van der Waals surface area contributed by atoms with Crippen LogP contribution in [0.25, 0.3) is 0 Å². The third-order valence-corrected chi connectivity index (χ3v) is 3.62. The van der Waals surface area contributed by atoms with Gasteiger partial charge in [0.15, 0.2) is 5.69 Å². The summed E-state index contributed by atoms with van der Waals surface area (Å²) in [6, 6.07) is 3.51. The molecule has 1 N–H and O–H groups in total. The lowest BCUT2D eigenvalue weighted by atomic mass is 10.2. The average molecular weight is 372 g/mol. The Hall–Kier alpha value is -3.11. The van der Waals surface area contributed by atoms with E-state index in [4.69, 9.17) is 4.74 Å². The minimum absolute atomic E-state index is 0.103. The molecule has 2 aromatic rings. The molecule has 0 aliphatic carbocycles. The smallest absolute Gasteiger partial charge is 0.435 e. The van der Waals surface area contributed by atoms with Crippen LogP contribution in [-0.4, -0.2) is 27.7 Å². The number of aryl methyl sites for hydroxylation is 1. The third-order valence-electron chi connectivity index (χ3n) is 3.62. The van der Waals surface area contributed by atoms with E-state index in [0.29, 0.717) is 0 Å². The molecule has 0 aliphatic heterocycles. The second-order valence-electron chi connectivity index (χ2n) is 5.42. The highest BCUT2D eigenvalue weighted by Gasteiger charge is 2.35. The van der Waals surface area contributed by atoms with E-state index in [-0.39, 0.29) is 17.1 Å². The first-order valence-corrected chi connectivity index (χ1v) is 7.31. The first-order chi connectivity index (χ1) is 12.0. The molecule has 0 bridgehead atoms. The quantitative estimate of drug-likeness (QED) is 0.641. The van der Waals surface area contributed by atoms with Crippen molar-refractivity contribution in [1.29, 1.82) is 0 Å². The number of hydrogen-bond acceptors (Lipinski definition) is 5. The molecule has 0 aliphatic rings. The number of nitrogens with zero attached hydrogens (tertiary/aromatic N) is 3. The Balaban J connectivity index is 2.28. The number of amides is 1. The Morgan fingerprint density at radius 1 is 1.38 bits per heavy atom. The van der Waals surface area contributed by atoms with Crippen molar-refractivity contribution in [3.63, 3.8) is 0 Å². The predicted octanol–water partition coefficient (Wildman–Crippen LogP) is 3.33. The minimum Gasteiger partial charge on any atom is -0.496 e. The molecule has 8 nitrogen and oxygen atoms in total. The molecule has 1 aromatic heterocycles. The van der Waals surface area contributed by atoms with E-state index in [2.05, 4.69) is 10.4 Å². The highest BCUT2D eigenvalue weighted by molar-refractivity contribution is 5.95. The van der Waals surface area contributed by atoms with Gasteiger partial charge in [0.2, 0.25) is 5.91 Å². The van der Waals surface area contributed by atoms with E-state index in [1.165, 1.54) is 33.1 Å². The number of carbonyl (C=O) groups is 1. The van der Waals surface area contributed by atoms with E-state index < -0.39 is 34.4 Å². The SMILES string of the molecule is COc1ccc(NC(=O)C(C)n2nc(C(F)(F)F)cc2C)c([N+](=O)[O-])c1. The Kier molecular flexibility index (Phi) is 5.19. The fraction of sp³-hybridized carbons (Fsp3) is 0.333.